The number of anilines is 2. The van der Waals surface area contributed by atoms with Crippen LogP contribution in [0.15, 0.2) is 48.8 Å². The van der Waals surface area contributed by atoms with Crippen molar-refractivity contribution in [2.24, 2.45) is 11.8 Å². The Morgan fingerprint density at radius 2 is 2.00 bits per heavy atom. The largest absolute Gasteiger partial charge is 0.491 e. The Bertz CT molecular complexity index is 1130. The minimum Gasteiger partial charge on any atom is -0.491 e. The Kier molecular flexibility index (Phi) is 4.94. The number of aromatic amines is 1. The lowest BCUT2D eigenvalue weighted by molar-refractivity contribution is -0.141. The van der Waals surface area contributed by atoms with Crippen molar-refractivity contribution in [1.29, 1.82) is 0 Å². The van der Waals surface area contributed by atoms with Crippen LogP contribution >= 0.6 is 0 Å². The number of Topliss-reactive ketones (excluding diaryl/α,β-unsaturated/α-hetero) is 1. The molecule has 1 atom stereocenters. The molecule has 5 rings (SSSR count). The van der Waals surface area contributed by atoms with Crippen LogP contribution < -0.4 is 10.1 Å². The van der Waals surface area contributed by atoms with E-state index in [1.807, 2.05) is 36.4 Å². The average molecular weight is 417 g/mol. The van der Waals surface area contributed by atoms with E-state index in [0.717, 1.165) is 11.3 Å². The van der Waals surface area contributed by atoms with E-state index < -0.39 is 11.9 Å². The number of nitrogens with zero attached hydrogens (tertiary/aromatic N) is 1. The predicted octanol–water partition coefficient (Wildman–Crippen LogP) is 4.44. The van der Waals surface area contributed by atoms with Crippen LogP contribution in [0.2, 0.25) is 0 Å². The maximum Gasteiger partial charge on any atom is 0.307 e. The van der Waals surface area contributed by atoms with E-state index in [1.54, 1.807) is 12.4 Å². The molecule has 2 heterocycles. The van der Waals surface area contributed by atoms with Gasteiger partial charge < -0.3 is 20.1 Å². The van der Waals surface area contributed by atoms with E-state index in [0.29, 0.717) is 40.9 Å². The van der Waals surface area contributed by atoms with Gasteiger partial charge in [-0.15, -0.1) is 0 Å². The molecular weight excluding hydrogens is 394 g/mol. The third kappa shape index (κ3) is 3.91. The van der Waals surface area contributed by atoms with Gasteiger partial charge in [0, 0.05) is 36.0 Å². The summed E-state index contributed by atoms with van der Waals surface area (Å²) in [6, 6.07) is 11.5. The van der Waals surface area contributed by atoms with Crippen LogP contribution in [0.1, 0.15) is 35.3 Å². The molecule has 3 aromatic rings. The van der Waals surface area contributed by atoms with Gasteiger partial charge in [0.2, 0.25) is 0 Å². The summed E-state index contributed by atoms with van der Waals surface area (Å²) in [4.78, 5) is 32.1. The van der Waals surface area contributed by atoms with Crippen molar-refractivity contribution in [2.75, 3.05) is 11.9 Å². The van der Waals surface area contributed by atoms with Crippen molar-refractivity contribution in [1.82, 2.24) is 9.97 Å². The number of H-pyrrole nitrogens is 1. The van der Waals surface area contributed by atoms with Crippen LogP contribution in [0.25, 0.3) is 11.3 Å². The monoisotopic (exact) mass is 417 g/mol. The minimum atomic E-state index is -0.954. The number of carboxylic acids is 1. The van der Waals surface area contributed by atoms with Gasteiger partial charge in [-0.3, -0.25) is 14.6 Å². The zero-order valence-corrected chi connectivity index (χ0v) is 16.9. The van der Waals surface area contributed by atoms with Crippen LogP contribution in [-0.2, 0) is 11.2 Å². The summed E-state index contributed by atoms with van der Waals surface area (Å²) in [7, 11) is 0. The van der Waals surface area contributed by atoms with Crippen molar-refractivity contribution in [3.63, 3.8) is 0 Å². The minimum absolute atomic E-state index is 0.00945. The maximum absolute atomic E-state index is 13.0. The second kappa shape index (κ2) is 7.91. The number of hydrogen-bond acceptors (Lipinski definition) is 5. The third-order valence-electron chi connectivity index (χ3n) is 5.86. The molecule has 2 aliphatic rings. The molecule has 1 fully saturated rings. The Labute approximate surface area is 179 Å². The molecule has 7 heteroatoms. The number of rotatable bonds is 7. The highest BCUT2D eigenvalue weighted by Crippen LogP contribution is 2.43. The Morgan fingerprint density at radius 1 is 1.19 bits per heavy atom. The lowest BCUT2D eigenvalue weighted by Crippen LogP contribution is -2.26. The number of carboxylic acid groups (broad SMARTS) is 1. The fraction of sp³-hybridized carbons (Fsp3) is 0.292. The van der Waals surface area contributed by atoms with Crippen molar-refractivity contribution in [3.8, 4) is 17.0 Å². The third-order valence-corrected chi connectivity index (χ3v) is 5.86. The van der Waals surface area contributed by atoms with Crippen molar-refractivity contribution in [3.05, 3.63) is 60.0 Å². The second-order valence-electron chi connectivity index (χ2n) is 8.21. The van der Waals surface area contributed by atoms with Crippen LogP contribution in [0.4, 0.5) is 11.4 Å². The van der Waals surface area contributed by atoms with E-state index >= 15 is 0 Å². The first-order chi connectivity index (χ1) is 15.1. The Hall–Kier alpha value is -3.61. The SMILES string of the molecule is O=C1CC(C(=O)O)Cc2[nH]c(-c3ccncc3OCC3CC3)c(Nc3ccccc3)c21. The molecule has 2 aromatic heterocycles. The normalized spacial score (nSPS) is 17.8. The molecule has 0 bridgehead atoms. The molecule has 7 nitrogen and oxygen atoms in total. The molecule has 0 spiro atoms. The summed E-state index contributed by atoms with van der Waals surface area (Å²) >= 11 is 0. The van der Waals surface area contributed by atoms with E-state index in [2.05, 4.69) is 15.3 Å². The molecule has 31 heavy (non-hydrogen) atoms. The van der Waals surface area contributed by atoms with Gasteiger partial charge in [0.15, 0.2) is 5.78 Å². The first kappa shape index (κ1) is 19.4. The second-order valence-corrected chi connectivity index (χ2v) is 8.21. The molecule has 1 saturated carbocycles. The van der Waals surface area contributed by atoms with Gasteiger partial charge >= 0.3 is 5.97 Å². The number of carbonyl (C=O) groups excluding carboxylic acids is 1. The number of ketones is 1. The molecule has 1 unspecified atom stereocenters. The lowest BCUT2D eigenvalue weighted by atomic mass is 9.86. The molecule has 1 aromatic carbocycles. The van der Waals surface area contributed by atoms with Gasteiger partial charge in [-0.05, 0) is 37.0 Å². The first-order valence-corrected chi connectivity index (χ1v) is 10.5. The highest BCUT2D eigenvalue weighted by Gasteiger charge is 2.35. The molecule has 3 N–H and O–H groups in total. The number of aliphatic carboxylic acids is 1. The highest BCUT2D eigenvalue weighted by atomic mass is 16.5. The highest BCUT2D eigenvalue weighted by molar-refractivity contribution is 6.09. The molecule has 158 valence electrons. The summed E-state index contributed by atoms with van der Waals surface area (Å²) in [5, 5.41) is 12.9. The zero-order valence-electron chi connectivity index (χ0n) is 16.9. The fourth-order valence-electron chi connectivity index (χ4n) is 4.02. The Morgan fingerprint density at radius 3 is 2.74 bits per heavy atom. The summed E-state index contributed by atoms with van der Waals surface area (Å²) in [6.45, 7) is 0.639. The van der Waals surface area contributed by atoms with Gasteiger partial charge in [0.05, 0.1) is 35.7 Å². The number of benzene rings is 1. The molecule has 0 amide bonds. The summed E-state index contributed by atoms with van der Waals surface area (Å²) in [5.41, 5.74) is 4.17. The van der Waals surface area contributed by atoms with Gasteiger partial charge in [-0.1, -0.05) is 18.2 Å². The number of aromatic nitrogens is 2. The van der Waals surface area contributed by atoms with E-state index in [4.69, 9.17) is 4.74 Å². The number of hydrogen-bond donors (Lipinski definition) is 3. The smallest absolute Gasteiger partial charge is 0.307 e. The fourth-order valence-corrected chi connectivity index (χ4v) is 4.02. The predicted molar refractivity (Wildman–Crippen MR) is 116 cm³/mol. The van der Waals surface area contributed by atoms with Crippen LogP contribution in [0.5, 0.6) is 5.75 Å². The summed E-state index contributed by atoms with van der Waals surface area (Å²) < 4.78 is 6.05. The number of nitrogens with one attached hydrogen (secondary N) is 2. The molecular formula is C24H23N3O4. The molecule has 0 aliphatic heterocycles. The number of ether oxygens (including phenoxy) is 1. The number of pyridine rings is 1. The van der Waals surface area contributed by atoms with Crippen molar-refractivity contribution < 1.29 is 19.4 Å². The van der Waals surface area contributed by atoms with Crippen molar-refractivity contribution >= 4 is 23.1 Å². The first-order valence-electron chi connectivity index (χ1n) is 10.5. The lowest BCUT2D eigenvalue weighted by Gasteiger charge is -2.18. The van der Waals surface area contributed by atoms with E-state index in [9.17, 15) is 14.7 Å². The quantitative estimate of drug-likeness (QED) is 0.525. The van der Waals surface area contributed by atoms with Gasteiger partial charge in [-0.25, -0.2) is 0 Å². The van der Waals surface area contributed by atoms with Gasteiger partial charge in [0.1, 0.15) is 5.75 Å². The van der Waals surface area contributed by atoms with Gasteiger partial charge in [-0.2, -0.15) is 0 Å². The molecule has 2 aliphatic carbocycles. The molecule has 0 saturated heterocycles. The summed E-state index contributed by atoms with van der Waals surface area (Å²) in [5.74, 6) is -0.621. The van der Waals surface area contributed by atoms with Crippen LogP contribution in [0, 0.1) is 11.8 Å². The standard InChI is InChI=1S/C24H23N3O4/c28-19-11-15(24(29)30)10-18-21(19)23(26-16-4-2-1-3-5-16)22(27-18)17-8-9-25-12-20(17)31-13-14-6-7-14/h1-5,8-9,12,14-15,26-27H,6-7,10-11,13H2,(H,29,30). The topological polar surface area (TPSA) is 104 Å². The number of para-hydroxylation sites is 1. The van der Waals surface area contributed by atoms with Crippen LogP contribution in [-0.4, -0.2) is 33.4 Å². The average Bonchev–Trinajstić information content (AvgIpc) is 3.54. The van der Waals surface area contributed by atoms with Gasteiger partial charge in [0.25, 0.3) is 0 Å². The van der Waals surface area contributed by atoms with E-state index in [1.165, 1.54) is 12.8 Å². The molecule has 0 radical (unpaired) electrons. The number of fused-ring (bicyclic) bond motifs is 1. The van der Waals surface area contributed by atoms with E-state index in [-0.39, 0.29) is 18.6 Å². The van der Waals surface area contributed by atoms with Crippen molar-refractivity contribution in [2.45, 2.75) is 25.7 Å². The number of carbonyl (C=O) groups is 2. The summed E-state index contributed by atoms with van der Waals surface area (Å²) in [6.07, 6.45) is 6.00. The Balaban J connectivity index is 1.61. The zero-order chi connectivity index (χ0) is 21.4. The van der Waals surface area contributed by atoms with Crippen LogP contribution in [0.3, 0.4) is 0 Å². The maximum atomic E-state index is 13.0.